The maximum absolute atomic E-state index is 11.2. The number of carbonyl (C=O) groups is 2. The minimum absolute atomic E-state index is 0.0545. The summed E-state index contributed by atoms with van der Waals surface area (Å²) in [4.78, 5) is 38.7. The van der Waals surface area contributed by atoms with Gasteiger partial charge in [-0.1, -0.05) is 86.3 Å². The van der Waals surface area contributed by atoms with Crippen LogP contribution in [0.3, 0.4) is 0 Å². The molecule has 8 aromatic rings. The zero-order chi connectivity index (χ0) is 43.6. The fourth-order valence-corrected chi connectivity index (χ4v) is 13.2. The van der Waals surface area contributed by atoms with Gasteiger partial charge >= 0.3 is 0 Å². The van der Waals surface area contributed by atoms with Gasteiger partial charge in [0, 0.05) is 71.1 Å². The number of amides is 1. The highest BCUT2D eigenvalue weighted by molar-refractivity contribution is 9.11. The van der Waals surface area contributed by atoms with Crippen LogP contribution in [-0.2, 0) is 11.8 Å². The first-order chi connectivity index (χ1) is 30.1. The van der Waals surface area contributed by atoms with Crippen LogP contribution in [0.25, 0.3) is 42.3 Å². The summed E-state index contributed by atoms with van der Waals surface area (Å²) in [5.41, 5.74) is 2.58. The van der Waals surface area contributed by atoms with E-state index >= 15 is 0 Å². The van der Waals surface area contributed by atoms with Crippen molar-refractivity contribution in [3.63, 3.8) is 0 Å². The van der Waals surface area contributed by atoms with Gasteiger partial charge in [0.25, 0.3) is 0 Å². The minimum atomic E-state index is 0.0545. The van der Waals surface area contributed by atoms with Crippen LogP contribution >= 0.6 is 84.4 Å². The van der Waals surface area contributed by atoms with Crippen molar-refractivity contribution in [2.45, 2.75) is 31.6 Å². The number of rotatable bonds is 9. The Morgan fingerprint density at radius 3 is 2.26 bits per heavy atom. The number of aldehydes is 1. The molecule has 0 radical (unpaired) electrons. The first-order valence-corrected chi connectivity index (χ1v) is 25.5. The lowest BCUT2D eigenvalue weighted by Gasteiger charge is -2.11. The summed E-state index contributed by atoms with van der Waals surface area (Å²) in [5, 5.41) is 18.2. The summed E-state index contributed by atoms with van der Waals surface area (Å²) >= 11 is 13.7. The third-order valence-electron chi connectivity index (χ3n) is 9.19. The zero-order valence-electron chi connectivity index (χ0n) is 34.3. The predicted molar refractivity (Wildman–Crippen MR) is 272 cm³/mol. The molecule has 1 amide bonds. The SMILES string of the molecule is Brc1cc2sccc2s1.CCCN=C1C=c2sc(=Cc3nc(-c4ccccc4)n(C)c3O)cc2S1.CCCNc1cc2sc(C=O)cc2s1.CN1C(=O)CN=C1c1ccccc1. The lowest BCUT2D eigenvalue weighted by atomic mass is 10.2. The second-order valence-corrected chi connectivity index (χ2v) is 21.5. The number of fused-ring (bicyclic) bond motifs is 3. The maximum atomic E-state index is 11.2. The van der Waals surface area contributed by atoms with E-state index in [0.717, 1.165) is 69.5 Å². The largest absolute Gasteiger partial charge is 0.493 e. The van der Waals surface area contributed by atoms with Crippen molar-refractivity contribution in [1.29, 1.82) is 0 Å². The first-order valence-electron chi connectivity index (χ1n) is 19.7. The fraction of sp³-hybridized carbons (Fsp3) is 0.196. The molecule has 6 aromatic heterocycles. The van der Waals surface area contributed by atoms with Gasteiger partial charge in [0.05, 0.1) is 18.7 Å². The monoisotopic (exact) mass is 998 g/mol. The number of halogens is 1. The lowest BCUT2D eigenvalue weighted by Crippen LogP contribution is -2.28. The normalized spacial score (nSPS) is 13.9. The van der Waals surface area contributed by atoms with E-state index < -0.39 is 0 Å². The molecule has 0 spiro atoms. The number of aliphatic imine (C=N–C) groups is 2. The number of nitrogens with one attached hydrogen (secondary N) is 1. The smallest absolute Gasteiger partial charge is 0.249 e. The number of hydrogen-bond donors (Lipinski definition) is 2. The number of carbonyl (C=O) groups excluding carboxylic acids is 2. The van der Waals surface area contributed by atoms with Crippen molar-refractivity contribution in [3.05, 3.63) is 125 Å². The summed E-state index contributed by atoms with van der Waals surface area (Å²) in [6.07, 6.45) is 7.20. The Kier molecular flexibility index (Phi) is 15.8. The van der Waals surface area contributed by atoms with E-state index in [-0.39, 0.29) is 18.3 Å². The summed E-state index contributed by atoms with van der Waals surface area (Å²) in [6.45, 7) is 6.44. The molecule has 0 unspecified atom stereocenters. The minimum Gasteiger partial charge on any atom is -0.493 e. The van der Waals surface area contributed by atoms with E-state index in [0.29, 0.717) is 5.69 Å². The Balaban J connectivity index is 0.000000135. The molecule has 0 bridgehead atoms. The number of thiophene rings is 5. The van der Waals surface area contributed by atoms with Crippen molar-refractivity contribution in [2.75, 3.05) is 32.0 Å². The fourth-order valence-electron chi connectivity index (χ4n) is 6.13. The van der Waals surface area contributed by atoms with Crippen molar-refractivity contribution in [3.8, 4) is 17.3 Å². The Hall–Kier alpha value is -4.68. The number of aromatic hydroxyl groups is 1. The number of imidazole rings is 1. The predicted octanol–water partition coefficient (Wildman–Crippen LogP) is 11.6. The highest BCUT2D eigenvalue weighted by atomic mass is 79.9. The van der Waals surface area contributed by atoms with Gasteiger partial charge in [0.15, 0.2) is 6.29 Å². The van der Waals surface area contributed by atoms with Gasteiger partial charge in [-0.15, -0.1) is 56.7 Å². The third-order valence-corrected chi connectivity index (χ3v) is 16.1. The van der Waals surface area contributed by atoms with Crippen LogP contribution in [0.1, 0.15) is 47.6 Å². The molecule has 62 heavy (non-hydrogen) atoms. The second kappa shape index (κ2) is 21.6. The average Bonchev–Trinajstić information content (AvgIpc) is 4.17. The van der Waals surface area contributed by atoms with Crippen molar-refractivity contribution >= 4 is 143 Å². The molecule has 2 N–H and O–H groups in total. The van der Waals surface area contributed by atoms with Crippen LogP contribution < -0.4 is 14.4 Å². The molecule has 0 saturated carbocycles. The standard InChI is InChI=1S/C20H19N3OS2.C10H10N2O.C10H11NOS2.C6H3BrS2/c1-3-9-21-18-12-17-16(26-18)11-14(25-17)10-15-20(24)23(2)19(22-15)13-7-5-4-6-8-13;1-12-9(13)7-11-10(12)8-5-3-2-4-6-8;1-2-3-11-10-5-9-8(14-10)4-7(6-12)13-9;7-6-3-5-4(9-6)1-2-8-5/h4-8,10-12,24H,3,9H2,1-2H3;2-6H,7H2,1H3;4-6,11H,2-3H2,1H3;1-3H. The molecule has 2 aliphatic heterocycles. The van der Waals surface area contributed by atoms with Crippen LogP contribution in [0.4, 0.5) is 5.00 Å². The van der Waals surface area contributed by atoms with Crippen LogP contribution in [0.2, 0.25) is 0 Å². The molecule has 318 valence electrons. The quantitative estimate of drug-likeness (QED) is 0.139. The van der Waals surface area contributed by atoms with Gasteiger partial charge in [0.2, 0.25) is 11.8 Å². The number of aromatic nitrogens is 2. The second-order valence-electron chi connectivity index (χ2n) is 13.7. The average molecular weight is 1000 g/mol. The van der Waals surface area contributed by atoms with E-state index in [1.807, 2.05) is 79.9 Å². The van der Waals surface area contributed by atoms with Gasteiger partial charge in [-0.2, -0.15) is 0 Å². The summed E-state index contributed by atoms with van der Waals surface area (Å²) in [6, 6.07) is 30.2. The molecule has 8 heterocycles. The summed E-state index contributed by atoms with van der Waals surface area (Å²) < 4.78 is 10.4. The number of benzene rings is 2. The number of anilines is 1. The Morgan fingerprint density at radius 1 is 0.871 bits per heavy atom. The lowest BCUT2D eigenvalue weighted by molar-refractivity contribution is -0.123. The highest BCUT2D eigenvalue weighted by Gasteiger charge is 2.22. The summed E-state index contributed by atoms with van der Waals surface area (Å²) in [5.74, 6) is 1.76. The molecule has 2 aromatic carbocycles. The third kappa shape index (κ3) is 11.3. The van der Waals surface area contributed by atoms with E-state index in [2.05, 4.69) is 85.8 Å². The number of nitrogens with zero attached hydrogens (tertiary/aromatic N) is 5. The Labute approximate surface area is 392 Å². The van der Waals surface area contributed by atoms with Crippen LogP contribution in [-0.4, -0.2) is 69.3 Å². The van der Waals surface area contributed by atoms with E-state index in [4.69, 9.17) is 0 Å². The molecule has 2 aliphatic rings. The molecule has 0 saturated heterocycles. The molecule has 10 rings (SSSR count). The first kappa shape index (κ1) is 45.3. The zero-order valence-corrected chi connectivity index (χ0v) is 40.8. The van der Waals surface area contributed by atoms with E-state index in [1.54, 1.807) is 85.0 Å². The van der Waals surface area contributed by atoms with Crippen molar-refractivity contribution in [1.82, 2.24) is 14.5 Å². The van der Waals surface area contributed by atoms with Gasteiger partial charge in [-0.05, 0) is 76.6 Å². The van der Waals surface area contributed by atoms with Gasteiger partial charge < -0.3 is 10.4 Å². The Morgan fingerprint density at radius 2 is 1.61 bits per heavy atom. The number of likely N-dealkylation sites (N-methyl/N-ethyl adjacent to an activating group) is 1. The van der Waals surface area contributed by atoms with Crippen LogP contribution in [0.5, 0.6) is 5.88 Å². The van der Waals surface area contributed by atoms with E-state index in [1.165, 1.54) is 37.0 Å². The molecule has 0 atom stereocenters. The van der Waals surface area contributed by atoms with Gasteiger partial charge in [-0.25, -0.2) is 4.98 Å². The van der Waals surface area contributed by atoms with Crippen molar-refractivity contribution < 1.29 is 14.7 Å². The number of thioether (sulfide) groups is 1. The Bertz CT molecular complexity index is 2920. The van der Waals surface area contributed by atoms with Gasteiger partial charge in [0.1, 0.15) is 23.9 Å². The van der Waals surface area contributed by atoms with Gasteiger partial charge in [-0.3, -0.25) is 29.0 Å². The molecule has 0 fully saturated rings. The highest BCUT2D eigenvalue weighted by Crippen LogP contribution is 2.36. The molecule has 16 heteroatoms. The molecular formula is C46H43BrN6O3S6. The topological polar surface area (TPSA) is 112 Å². The summed E-state index contributed by atoms with van der Waals surface area (Å²) in [7, 11) is 3.58. The maximum Gasteiger partial charge on any atom is 0.249 e. The van der Waals surface area contributed by atoms with E-state index in [9.17, 15) is 14.7 Å². The number of amidine groups is 1. The molecular weight excluding hydrogens is 957 g/mol. The van der Waals surface area contributed by atoms with Crippen LogP contribution in [0, 0.1) is 0 Å². The molecule has 0 aliphatic carbocycles. The number of hydrogen-bond acceptors (Lipinski definition) is 13. The van der Waals surface area contributed by atoms with Crippen LogP contribution in [0.15, 0.2) is 115 Å². The molecule has 9 nitrogen and oxygen atoms in total. The van der Waals surface area contributed by atoms with Crippen molar-refractivity contribution in [2.24, 2.45) is 17.0 Å².